The predicted octanol–water partition coefficient (Wildman–Crippen LogP) is 3.41. The van der Waals surface area contributed by atoms with Crippen LogP contribution in [0.15, 0.2) is 48.5 Å². The van der Waals surface area contributed by atoms with Crippen LogP contribution in [0.5, 0.6) is 0 Å². The van der Waals surface area contributed by atoms with Crippen LogP contribution in [-0.4, -0.2) is 25.8 Å². The highest BCUT2D eigenvalue weighted by Crippen LogP contribution is 2.19. The largest absolute Gasteiger partial charge is 0.322 e. The molecule has 1 aliphatic rings. The van der Waals surface area contributed by atoms with Gasteiger partial charge in [-0.1, -0.05) is 18.2 Å². The zero-order valence-electron chi connectivity index (χ0n) is 15.3. The van der Waals surface area contributed by atoms with E-state index in [4.69, 9.17) is 5.26 Å². The third-order valence-corrected chi connectivity index (χ3v) is 4.92. The van der Waals surface area contributed by atoms with Gasteiger partial charge in [-0.15, -0.1) is 0 Å². The van der Waals surface area contributed by atoms with E-state index < -0.39 is 0 Å². The zero-order valence-corrected chi connectivity index (χ0v) is 15.3. The highest BCUT2D eigenvalue weighted by molar-refractivity contribution is 5.91. The lowest BCUT2D eigenvalue weighted by Crippen LogP contribution is -2.53. The number of piperidine rings is 1. The van der Waals surface area contributed by atoms with Gasteiger partial charge in [-0.25, -0.2) is 9.18 Å². The number of urea groups is 1. The summed E-state index contributed by atoms with van der Waals surface area (Å²) in [5.41, 5.74) is 2.32. The Balaban J connectivity index is 1.48. The molecule has 0 aromatic heterocycles. The molecule has 2 N–H and O–H groups in total. The minimum atomic E-state index is -0.215. The Hall–Kier alpha value is -2.91. The Morgan fingerprint density at radius 3 is 2.74 bits per heavy atom. The molecule has 5 nitrogen and oxygen atoms in total. The Morgan fingerprint density at radius 2 is 2.07 bits per heavy atom. The number of nitrogens with one attached hydrogen (secondary N) is 2. The van der Waals surface area contributed by atoms with E-state index in [9.17, 15) is 9.18 Å². The molecule has 0 aliphatic carbocycles. The van der Waals surface area contributed by atoms with Crippen LogP contribution >= 0.6 is 0 Å². The van der Waals surface area contributed by atoms with Crippen LogP contribution in [-0.2, 0) is 6.42 Å². The monoisotopic (exact) mass is 366 g/mol. The van der Waals surface area contributed by atoms with Gasteiger partial charge in [-0.2, -0.15) is 5.26 Å². The van der Waals surface area contributed by atoms with E-state index in [1.54, 1.807) is 31.3 Å². The summed E-state index contributed by atoms with van der Waals surface area (Å²) in [7, 11) is 1.69. The molecular formula is C21H23FN4O. The summed E-state index contributed by atoms with van der Waals surface area (Å²) in [5.74, 6) is 0.251. The van der Waals surface area contributed by atoms with Crippen molar-refractivity contribution in [3.8, 4) is 6.07 Å². The molecule has 0 unspecified atom stereocenters. The number of benzene rings is 2. The smallest absolute Gasteiger partial charge is 0.322 e. The van der Waals surface area contributed by atoms with Crippen LogP contribution < -0.4 is 15.5 Å². The van der Waals surface area contributed by atoms with Crippen molar-refractivity contribution in [3.05, 3.63) is 65.5 Å². The fourth-order valence-electron chi connectivity index (χ4n) is 3.31. The lowest BCUT2D eigenvalue weighted by molar-refractivity contribution is 0.228. The van der Waals surface area contributed by atoms with Crippen molar-refractivity contribution in [2.24, 2.45) is 5.92 Å². The average molecular weight is 366 g/mol. The summed E-state index contributed by atoms with van der Waals surface area (Å²) in [6.45, 7) is 0.802. The maximum Gasteiger partial charge on any atom is 0.322 e. The molecule has 140 valence electrons. The summed E-state index contributed by atoms with van der Waals surface area (Å²) in [6, 6.07) is 15.5. The highest BCUT2D eigenvalue weighted by atomic mass is 19.1. The standard InChI is InChI=1S/C21H23FN4O/c1-26(19-4-2-3-16(12-19)13-23)21(27)25-20-10-7-17(14-24-20)11-15-5-8-18(22)9-6-15/h2-6,8-9,12,17,20,24H,7,10-11,14H2,1H3,(H,25,27)/t17-,20+/m0/s1. The third-order valence-electron chi connectivity index (χ3n) is 4.92. The third kappa shape index (κ3) is 5.05. The van der Waals surface area contributed by atoms with Crippen molar-refractivity contribution in [2.75, 3.05) is 18.5 Å². The Kier molecular flexibility index (Phi) is 6.05. The molecule has 2 aromatic rings. The molecule has 2 aromatic carbocycles. The lowest BCUT2D eigenvalue weighted by Gasteiger charge is -2.31. The first kappa shape index (κ1) is 18.9. The van der Waals surface area contributed by atoms with Gasteiger partial charge in [0.05, 0.1) is 17.8 Å². The first-order valence-electron chi connectivity index (χ1n) is 9.07. The van der Waals surface area contributed by atoms with E-state index in [-0.39, 0.29) is 18.0 Å². The number of hydrogen-bond acceptors (Lipinski definition) is 3. The number of rotatable bonds is 4. The predicted molar refractivity (Wildman–Crippen MR) is 103 cm³/mol. The van der Waals surface area contributed by atoms with Gasteiger partial charge in [-0.05, 0) is 61.1 Å². The molecule has 2 atom stereocenters. The second-order valence-electron chi connectivity index (χ2n) is 6.91. The maximum absolute atomic E-state index is 13.0. The van der Waals surface area contributed by atoms with Gasteiger partial charge in [0.15, 0.2) is 0 Å². The number of carbonyl (C=O) groups excluding carboxylic acids is 1. The van der Waals surface area contributed by atoms with Gasteiger partial charge in [-0.3, -0.25) is 10.2 Å². The van der Waals surface area contributed by atoms with E-state index in [0.717, 1.165) is 31.4 Å². The van der Waals surface area contributed by atoms with Crippen molar-refractivity contribution in [3.63, 3.8) is 0 Å². The van der Waals surface area contributed by atoms with Gasteiger partial charge < -0.3 is 5.32 Å². The summed E-state index contributed by atoms with van der Waals surface area (Å²) in [6.07, 6.45) is 2.64. The van der Waals surface area contributed by atoms with E-state index in [2.05, 4.69) is 16.7 Å². The molecule has 0 radical (unpaired) electrons. The molecule has 1 heterocycles. The van der Waals surface area contributed by atoms with Crippen LogP contribution in [0.25, 0.3) is 0 Å². The van der Waals surface area contributed by atoms with Gasteiger partial charge in [0.2, 0.25) is 0 Å². The first-order chi connectivity index (χ1) is 13.0. The summed E-state index contributed by atoms with van der Waals surface area (Å²) in [4.78, 5) is 14.0. The van der Waals surface area contributed by atoms with Crippen molar-refractivity contribution in [2.45, 2.75) is 25.4 Å². The summed E-state index contributed by atoms with van der Waals surface area (Å²) < 4.78 is 13.0. The molecule has 3 rings (SSSR count). The number of anilines is 1. The molecule has 0 bridgehead atoms. The second kappa shape index (κ2) is 8.65. The first-order valence-corrected chi connectivity index (χ1v) is 9.07. The van der Waals surface area contributed by atoms with E-state index >= 15 is 0 Å². The number of carbonyl (C=O) groups is 1. The highest BCUT2D eigenvalue weighted by Gasteiger charge is 2.23. The van der Waals surface area contributed by atoms with E-state index in [1.807, 2.05) is 12.1 Å². The topological polar surface area (TPSA) is 68.2 Å². The Labute approximate surface area is 158 Å². The minimum Gasteiger partial charge on any atom is -0.322 e. The quantitative estimate of drug-likeness (QED) is 0.871. The Bertz CT molecular complexity index is 823. The number of hydrogen-bond donors (Lipinski definition) is 2. The SMILES string of the molecule is CN(C(=O)N[C@@H]1CC[C@@H](Cc2ccc(F)cc2)CN1)c1cccc(C#N)c1. The van der Waals surface area contributed by atoms with Crippen LogP contribution in [0.1, 0.15) is 24.0 Å². The number of halogens is 1. The molecule has 2 amide bonds. The van der Waals surface area contributed by atoms with Crippen molar-refractivity contribution in [1.82, 2.24) is 10.6 Å². The number of nitrogens with zero attached hydrogens (tertiary/aromatic N) is 2. The average Bonchev–Trinajstić information content (AvgIpc) is 2.70. The van der Waals surface area contributed by atoms with Crippen molar-refractivity contribution < 1.29 is 9.18 Å². The van der Waals surface area contributed by atoms with Crippen molar-refractivity contribution >= 4 is 11.7 Å². The molecule has 27 heavy (non-hydrogen) atoms. The molecule has 1 aliphatic heterocycles. The molecular weight excluding hydrogens is 343 g/mol. The second-order valence-corrected chi connectivity index (χ2v) is 6.91. The zero-order chi connectivity index (χ0) is 19.2. The summed E-state index contributed by atoms with van der Waals surface area (Å²) >= 11 is 0. The van der Waals surface area contributed by atoms with Gasteiger partial charge >= 0.3 is 6.03 Å². The van der Waals surface area contributed by atoms with Crippen LogP contribution in [0.4, 0.5) is 14.9 Å². The van der Waals surface area contributed by atoms with Crippen LogP contribution in [0.3, 0.4) is 0 Å². The van der Waals surface area contributed by atoms with Crippen molar-refractivity contribution in [1.29, 1.82) is 5.26 Å². The normalized spacial score (nSPS) is 19.1. The van der Waals surface area contributed by atoms with E-state index in [0.29, 0.717) is 17.2 Å². The van der Waals surface area contributed by atoms with Gasteiger partial charge in [0.1, 0.15) is 5.82 Å². The minimum absolute atomic E-state index is 0.0800. The van der Waals surface area contributed by atoms with Gasteiger partial charge in [0, 0.05) is 19.3 Å². The van der Waals surface area contributed by atoms with Gasteiger partial charge in [0.25, 0.3) is 0 Å². The molecule has 1 fully saturated rings. The summed E-state index contributed by atoms with van der Waals surface area (Å²) in [5, 5.41) is 15.4. The fourth-order valence-corrected chi connectivity index (χ4v) is 3.31. The molecule has 6 heteroatoms. The van der Waals surface area contributed by atoms with Crippen LogP contribution in [0.2, 0.25) is 0 Å². The van der Waals surface area contributed by atoms with E-state index in [1.165, 1.54) is 17.0 Å². The Morgan fingerprint density at radius 1 is 1.30 bits per heavy atom. The maximum atomic E-state index is 13.0. The number of amides is 2. The molecule has 0 saturated carbocycles. The molecule has 1 saturated heterocycles. The van der Waals surface area contributed by atoms with Crippen LogP contribution in [0, 0.1) is 23.1 Å². The lowest BCUT2D eigenvalue weighted by atomic mass is 9.91. The number of nitriles is 1. The fraction of sp³-hybridized carbons (Fsp3) is 0.333. The molecule has 0 spiro atoms.